The molecule has 0 spiro atoms. The molecular weight excluding hydrogens is 230 g/mol. The third-order valence-electron chi connectivity index (χ3n) is 2.84. The van der Waals surface area contributed by atoms with Crippen molar-refractivity contribution in [2.45, 2.75) is 6.42 Å². The summed E-state index contributed by atoms with van der Waals surface area (Å²) in [5.41, 5.74) is 0.699. The molecule has 1 aliphatic heterocycles. The van der Waals surface area contributed by atoms with Crippen molar-refractivity contribution < 1.29 is 15.0 Å². The van der Waals surface area contributed by atoms with Crippen LogP contribution in [0.4, 0.5) is 5.69 Å². The van der Waals surface area contributed by atoms with Gasteiger partial charge in [-0.15, -0.1) is 0 Å². The summed E-state index contributed by atoms with van der Waals surface area (Å²) < 4.78 is 0. The number of aliphatic carboxylic acids is 1. The lowest BCUT2D eigenvalue weighted by Gasteiger charge is -2.19. The molecule has 1 saturated heterocycles. The van der Waals surface area contributed by atoms with Gasteiger partial charge in [-0.05, 0) is 18.6 Å². The Bertz CT molecular complexity index is 422. The second kappa shape index (κ2) is 4.22. The Balaban J connectivity index is 2.21. The van der Waals surface area contributed by atoms with Crippen LogP contribution in [0, 0.1) is 5.92 Å². The van der Waals surface area contributed by atoms with Crippen LogP contribution in [-0.2, 0) is 4.79 Å². The number of anilines is 1. The lowest BCUT2D eigenvalue weighted by atomic mass is 10.1. The Morgan fingerprint density at radius 3 is 2.88 bits per heavy atom. The van der Waals surface area contributed by atoms with Gasteiger partial charge >= 0.3 is 5.97 Å². The van der Waals surface area contributed by atoms with Crippen molar-refractivity contribution in [2.75, 3.05) is 18.0 Å². The second-order valence-electron chi connectivity index (χ2n) is 3.88. The molecule has 2 N–H and O–H groups in total. The van der Waals surface area contributed by atoms with Crippen molar-refractivity contribution >= 4 is 23.3 Å². The van der Waals surface area contributed by atoms with Gasteiger partial charge in [-0.1, -0.05) is 17.7 Å². The van der Waals surface area contributed by atoms with Crippen molar-refractivity contribution in [3.8, 4) is 5.75 Å². The minimum atomic E-state index is -0.779. The highest BCUT2D eigenvalue weighted by Gasteiger charge is 2.29. The molecule has 4 nitrogen and oxygen atoms in total. The molecule has 2 rings (SSSR count). The molecule has 5 heteroatoms. The third kappa shape index (κ3) is 1.93. The van der Waals surface area contributed by atoms with Gasteiger partial charge in [0, 0.05) is 13.1 Å². The highest BCUT2D eigenvalue weighted by Crippen LogP contribution is 2.35. The molecule has 16 heavy (non-hydrogen) atoms. The monoisotopic (exact) mass is 241 g/mol. The highest BCUT2D eigenvalue weighted by atomic mass is 35.5. The number of carbonyl (C=O) groups is 1. The fraction of sp³-hybridized carbons (Fsp3) is 0.364. The summed E-state index contributed by atoms with van der Waals surface area (Å²) in [6.07, 6.45) is 0.612. The van der Waals surface area contributed by atoms with E-state index in [0.29, 0.717) is 25.2 Å². The zero-order chi connectivity index (χ0) is 11.7. The predicted molar refractivity (Wildman–Crippen MR) is 61.1 cm³/mol. The number of halogens is 1. The number of benzene rings is 1. The van der Waals surface area contributed by atoms with E-state index in [9.17, 15) is 9.90 Å². The summed E-state index contributed by atoms with van der Waals surface area (Å²) in [6.45, 7) is 1.10. The first-order chi connectivity index (χ1) is 7.59. The average Bonchev–Trinajstić information content (AvgIpc) is 2.71. The van der Waals surface area contributed by atoms with Crippen LogP contribution < -0.4 is 4.90 Å². The van der Waals surface area contributed by atoms with Gasteiger partial charge < -0.3 is 15.1 Å². The SMILES string of the molecule is O=C(O)[C@@H]1CCN(c2cccc(O)c2Cl)C1. The van der Waals surface area contributed by atoms with Crippen LogP contribution in [-0.4, -0.2) is 29.3 Å². The van der Waals surface area contributed by atoms with Crippen LogP contribution in [0.15, 0.2) is 18.2 Å². The standard InChI is InChI=1S/C11H12ClNO3/c12-10-8(2-1-3-9(10)14)13-5-4-7(6-13)11(15)16/h1-3,7,14H,4-6H2,(H,15,16)/t7-/m1/s1. The molecule has 0 bridgehead atoms. The molecule has 1 aliphatic rings. The van der Waals surface area contributed by atoms with Gasteiger partial charge in [0.1, 0.15) is 10.8 Å². The number of carboxylic acid groups (broad SMARTS) is 1. The van der Waals surface area contributed by atoms with E-state index in [-0.39, 0.29) is 16.7 Å². The molecule has 1 atom stereocenters. The van der Waals surface area contributed by atoms with E-state index in [2.05, 4.69) is 0 Å². The molecule has 1 fully saturated rings. The van der Waals surface area contributed by atoms with E-state index in [0.717, 1.165) is 0 Å². The molecule has 0 amide bonds. The van der Waals surface area contributed by atoms with Gasteiger partial charge in [-0.3, -0.25) is 4.79 Å². The van der Waals surface area contributed by atoms with Crippen LogP contribution in [0.1, 0.15) is 6.42 Å². The Morgan fingerprint density at radius 2 is 2.25 bits per heavy atom. The number of hydrogen-bond acceptors (Lipinski definition) is 3. The Hall–Kier alpha value is -1.42. The van der Waals surface area contributed by atoms with E-state index in [1.165, 1.54) is 6.07 Å². The molecule has 0 saturated carbocycles. The van der Waals surface area contributed by atoms with Gasteiger partial charge in [0.25, 0.3) is 0 Å². The lowest BCUT2D eigenvalue weighted by molar-refractivity contribution is -0.140. The van der Waals surface area contributed by atoms with E-state index < -0.39 is 5.97 Å². The van der Waals surface area contributed by atoms with Gasteiger partial charge in [-0.25, -0.2) is 0 Å². The van der Waals surface area contributed by atoms with E-state index in [1.807, 2.05) is 4.90 Å². The van der Waals surface area contributed by atoms with Gasteiger partial charge in [-0.2, -0.15) is 0 Å². The molecular formula is C11H12ClNO3. The Kier molecular flexibility index (Phi) is 2.92. The second-order valence-corrected chi connectivity index (χ2v) is 4.26. The smallest absolute Gasteiger partial charge is 0.308 e. The minimum Gasteiger partial charge on any atom is -0.506 e. The highest BCUT2D eigenvalue weighted by molar-refractivity contribution is 6.34. The van der Waals surface area contributed by atoms with Crippen LogP contribution in [0.3, 0.4) is 0 Å². The molecule has 0 radical (unpaired) electrons. The molecule has 1 heterocycles. The van der Waals surface area contributed by atoms with Crippen LogP contribution >= 0.6 is 11.6 Å². The summed E-state index contributed by atoms with van der Waals surface area (Å²) in [6, 6.07) is 4.99. The molecule has 1 aromatic carbocycles. The largest absolute Gasteiger partial charge is 0.506 e. The Morgan fingerprint density at radius 1 is 1.50 bits per heavy atom. The fourth-order valence-electron chi connectivity index (χ4n) is 1.93. The summed E-state index contributed by atoms with van der Waals surface area (Å²) >= 11 is 5.96. The van der Waals surface area contributed by atoms with Crippen LogP contribution in [0.2, 0.25) is 5.02 Å². The number of carboxylic acids is 1. The van der Waals surface area contributed by atoms with E-state index in [1.54, 1.807) is 12.1 Å². The molecule has 86 valence electrons. The summed E-state index contributed by atoms with van der Waals surface area (Å²) in [7, 11) is 0. The average molecular weight is 242 g/mol. The van der Waals surface area contributed by atoms with Crippen LogP contribution in [0.5, 0.6) is 5.75 Å². The van der Waals surface area contributed by atoms with Crippen molar-refractivity contribution in [1.82, 2.24) is 0 Å². The maximum atomic E-state index is 10.8. The van der Waals surface area contributed by atoms with Crippen LogP contribution in [0.25, 0.3) is 0 Å². The maximum absolute atomic E-state index is 10.8. The van der Waals surface area contributed by atoms with Gasteiger partial charge in [0.2, 0.25) is 0 Å². The first-order valence-corrected chi connectivity index (χ1v) is 5.42. The predicted octanol–water partition coefficient (Wildman–Crippen LogP) is 1.96. The number of hydrogen-bond donors (Lipinski definition) is 2. The number of rotatable bonds is 2. The molecule has 0 aromatic heterocycles. The first-order valence-electron chi connectivity index (χ1n) is 5.05. The summed E-state index contributed by atoms with van der Waals surface area (Å²) in [5, 5.41) is 18.6. The summed E-state index contributed by atoms with van der Waals surface area (Å²) in [4.78, 5) is 12.7. The number of nitrogens with zero attached hydrogens (tertiary/aromatic N) is 1. The molecule has 0 unspecified atom stereocenters. The number of phenolic OH excluding ortho intramolecular Hbond substituents is 1. The maximum Gasteiger partial charge on any atom is 0.308 e. The van der Waals surface area contributed by atoms with Gasteiger partial charge in [0.05, 0.1) is 11.6 Å². The van der Waals surface area contributed by atoms with Crippen molar-refractivity contribution in [3.05, 3.63) is 23.2 Å². The van der Waals surface area contributed by atoms with E-state index in [4.69, 9.17) is 16.7 Å². The van der Waals surface area contributed by atoms with E-state index >= 15 is 0 Å². The third-order valence-corrected chi connectivity index (χ3v) is 3.22. The van der Waals surface area contributed by atoms with Crippen molar-refractivity contribution in [1.29, 1.82) is 0 Å². The normalized spacial score (nSPS) is 20.1. The zero-order valence-corrected chi connectivity index (χ0v) is 9.31. The van der Waals surface area contributed by atoms with Crippen molar-refractivity contribution in [2.24, 2.45) is 5.92 Å². The topological polar surface area (TPSA) is 60.8 Å². The molecule has 1 aromatic rings. The summed E-state index contributed by atoms with van der Waals surface area (Å²) in [5.74, 6) is -1.10. The number of phenols is 1. The first kappa shape index (κ1) is 11.1. The minimum absolute atomic E-state index is 0.0259. The lowest BCUT2D eigenvalue weighted by Crippen LogP contribution is -2.22. The van der Waals surface area contributed by atoms with Gasteiger partial charge in [0.15, 0.2) is 0 Å². The number of aromatic hydroxyl groups is 1. The zero-order valence-electron chi connectivity index (χ0n) is 8.56. The fourth-order valence-corrected chi connectivity index (χ4v) is 2.18. The van der Waals surface area contributed by atoms with Crippen molar-refractivity contribution in [3.63, 3.8) is 0 Å². The quantitative estimate of drug-likeness (QED) is 0.831. The Labute approximate surface area is 98.1 Å². The molecule has 0 aliphatic carbocycles.